The molecule has 2 N–H and O–H groups in total. The Kier molecular flexibility index (Phi) is 8.94. The lowest BCUT2D eigenvalue weighted by atomic mass is 10.2. The van der Waals surface area contributed by atoms with Crippen LogP contribution in [0.25, 0.3) is 0 Å². The third kappa shape index (κ3) is 5.90. The van der Waals surface area contributed by atoms with E-state index in [9.17, 15) is 4.79 Å². The zero-order valence-electron chi connectivity index (χ0n) is 9.43. The smallest absolute Gasteiger partial charge is 0.251 e. The molecule has 1 aromatic carbocycles. The van der Waals surface area contributed by atoms with Crippen LogP contribution in [0.1, 0.15) is 16.8 Å². The van der Waals surface area contributed by atoms with Crippen LogP contribution in [0.5, 0.6) is 0 Å². The van der Waals surface area contributed by atoms with Crippen LogP contribution in [0.4, 0.5) is 0 Å². The number of hydrogen-bond acceptors (Lipinski definition) is 2. The fraction of sp³-hybridized carbons (Fsp3) is 0.364. The Labute approximate surface area is 126 Å². The highest BCUT2D eigenvalue weighted by molar-refractivity contribution is 14.1. The van der Waals surface area contributed by atoms with Crippen LogP contribution in [0.15, 0.2) is 18.2 Å². The third-order valence-corrected chi connectivity index (χ3v) is 3.61. The van der Waals surface area contributed by atoms with E-state index >= 15 is 0 Å². The van der Waals surface area contributed by atoms with E-state index < -0.39 is 0 Å². The lowest BCUT2D eigenvalue weighted by Crippen LogP contribution is -2.26. The summed E-state index contributed by atoms with van der Waals surface area (Å²) in [5.41, 5.74) is 0.651. The van der Waals surface area contributed by atoms with E-state index in [0.717, 1.165) is 16.5 Å². The van der Waals surface area contributed by atoms with Crippen molar-refractivity contribution in [2.75, 3.05) is 20.1 Å². The fourth-order valence-electron chi connectivity index (χ4n) is 1.21. The first-order valence-electron chi connectivity index (χ1n) is 5.03. The first kappa shape index (κ1) is 17.0. The minimum atomic E-state index is -0.0503. The highest BCUT2D eigenvalue weighted by Gasteiger charge is 2.06. The van der Waals surface area contributed by atoms with E-state index in [1.54, 1.807) is 18.2 Å². The maximum Gasteiger partial charge on any atom is 0.251 e. The number of halogens is 3. The van der Waals surface area contributed by atoms with Crippen LogP contribution in [-0.2, 0) is 0 Å². The van der Waals surface area contributed by atoms with Gasteiger partial charge in [-0.1, -0.05) is 11.6 Å². The average molecular weight is 389 g/mol. The largest absolute Gasteiger partial charge is 0.352 e. The first-order chi connectivity index (χ1) is 7.65. The molecule has 0 aliphatic carbocycles. The second-order valence-corrected chi connectivity index (χ2v) is 4.91. The molecule has 1 rings (SSSR count). The summed E-state index contributed by atoms with van der Waals surface area (Å²) in [5.74, 6) is -0.0503. The Bertz CT molecular complexity index is 374. The van der Waals surface area contributed by atoms with Crippen LogP contribution in [0.2, 0.25) is 5.02 Å². The van der Waals surface area contributed by atoms with Crippen LogP contribution < -0.4 is 10.6 Å². The van der Waals surface area contributed by atoms with Gasteiger partial charge in [-0.15, -0.1) is 12.4 Å². The molecule has 0 saturated carbocycles. The van der Waals surface area contributed by atoms with Crippen LogP contribution >= 0.6 is 46.6 Å². The summed E-state index contributed by atoms with van der Waals surface area (Å²) < 4.78 is 0.891. The monoisotopic (exact) mass is 388 g/mol. The van der Waals surface area contributed by atoms with Gasteiger partial charge in [0.2, 0.25) is 0 Å². The standard InChI is InChI=1S/C11H14ClIN2O.ClH/c1-14-5-2-6-15-11(16)8-3-4-9(12)10(13)7-8;/h3-4,7,14H,2,5-6H2,1H3,(H,15,16);1H. The van der Waals surface area contributed by atoms with Gasteiger partial charge in [-0.25, -0.2) is 0 Å². The molecule has 96 valence electrons. The van der Waals surface area contributed by atoms with Gasteiger partial charge < -0.3 is 10.6 Å². The van der Waals surface area contributed by atoms with Crippen molar-refractivity contribution in [1.29, 1.82) is 0 Å². The van der Waals surface area contributed by atoms with E-state index in [4.69, 9.17) is 11.6 Å². The Morgan fingerprint density at radius 1 is 1.41 bits per heavy atom. The van der Waals surface area contributed by atoms with Gasteiger partial charge >= 0.3 is 0 Å². The van der Waals surface area contributed by atoms with Gasteiger partial charge in [0.1, 0.15) is 0 Å². The van der Waals surface area contributed by atoms with Crippen molar-refractivity contribution in [1.82, 2.24) is 10.6 Å². The topological polar surface area (TPSA) is 41.1 Å². The van der Waals surface area contributed by atoms with Crippen LogP contribution in [0, 0.1) is 3.57 Å². The molecule has 0 atom stereocenters. The molecular formula is C11H15Cl2IN2O. The Morgan fingerprint density at radius 2 is 2.12 bits per heavy atom. The summed E-state index contributed by atoms with van der Waals surface area (Å²) in [7, 11) is 1.89. The van der Waals surface area contributed by atoms with Gasteiger partial charge in [0.05, 0.1) is 5.02 Å². The number of hydrogen-bond donors (Lipinski definition) is 2. The molecule has 0 radical (unpaired) electrons. The quantitative estimate of drug-likeness (QED) is 0.601. The Hall–Kier alpha value is -0.0400. The number of amides is 1. The summed E-state index contributed by atoms with van der Waals surface area (Å²) in [6, 6.07) is 5.26. The molecule has 0 heterocycles. The van der Waals surface area contributed by atoms with E-state index in [1.807, 2.05) is 7.05 Å². The molecule has 0 aliphatic rings. The molecular weight excluding hydrogens is 374 g/mol. The normalized spacial score (nSPS) is 9.59. The molecule has 0 aromatic heterocycles. The van der Waals surface area contributed by atoms with Gasteiger partial charge in [0.25, 0.3) is 5.91 Å². The highest BCUT2D eigenvalue weighted by Crippen LogP contribution is 2.19. The Balaban J connectivity index is 0.00000256. The summed E-state index contributed by atoms with van der Waals surface area (Å²) in [6.45, 7) is 1.58. The molecule has 0 spiro atoms. The van der Waals surface area contributed by atoms with E-state index in [2.05, 4.69) is 33.2 Å². The van der Waals surface area contributed by atoms with Crippen molar-refractivity contribution >= 4 is 52.5 Å². The summed E-state index contributed by atoms with van der Waals surface area (Å²) in [5, 5.41) is 6.56. The maximum absolute atomic E-state index is 11.7. The van der Waals surface area contributed by atoms with Gasteiger partial charge in [0, 0.05) is 15.7 Å². The summed E-state index contributed by atoms with van der Waals surface area (Å²) in [4.78, 5) is 11.7. The molecule has 6 heteroatoms. The number of rotatable bonds is 5. The third-order valence-electron chi connectivity index (χ3n) is 2.07. The number of nitrogens with one attached hydrogen (secondary N) is 2. The number of benzene rings is 1. The molecule has 3 nitrogen and oxygen atoms in total. The van der Waals surface area contributed by atoms with Gasteiger partial charge in [-0.2, -0.15) is 0 Å². The van der Waals surface area contributed by atoms with Crippen molar-refractivity contribution in [2.45, 2.75) is 6.42 Å². The number of carbonyl (C=O) groups is 1. The highest BCUT2D eigenvalue weighted by atomic mass is 127. The van der Waals surface area contributed by atoms with E-state index in [-0.39, 0.29) is 18.3 Å². The van der Waals surface area contributed by atoms with Crippen molar-refractivity contribution in [3.8, 4) is 0 Å². The van der Waals surface area contributed by atoms with Gasteiger partial charge in [-0.3, -0.25) is 4.79 Å². The average Bonchev–Trinajstić information content (AvgIpc) is 2.28. The lowest BCUT2D eigenvalue weighted by molar-refractivity contribution is 0.0953. The first-order valence-corrected chi connectivity index (χ1v) is 6.48. The van der Waals surface area contributed by atoms with Crippen molar-refractivity contribution < 1.29 is 4.79 Å². The molecule has 0 unspecified atom stereocenters. The maximum atomic E-state index is 11.7. The lowest BCUT2D eigenvalue weighted by Gasteiger charge is -2.05. The summed E-state index contributed by atoms with van der Waals surface area (Å²) >= 11 is 8.00. The predicted octanol–water partition coefficient (Wildman–Crippen LogP) is 2.71. The molecule has 17 heavy (non-hydrogen) atoms. The van der Waals surface area contributed by atoms with Gasteiger partial charge in [-0.05, 0) is 60.8 Å². The van der Waals surface area contributed by atoms with Crippen molar-refractivity contribution in [3.05, 3.63) is 32.4 Å². The SMILES string of the molecule is CNCCCNC(=O)c1ccc(Cl)c(I)c1.Cl. The minimum Gasteiger partial charge on any atom is -0.352 e. The van der Waals surface area contributed by atoms with E-state index in [1.165, 1.54) is 0 Å². The van der Waals surface area contributed by atoms with Gasteiger partial charge in [0.15, 0.2) is 0 Å². The molecule has 1 amide bonds. The number of carbonyl (C=O) groups excluding carboxylic acids is 1. The molecule has 0 fully saturated rings. The molecule has 1 aromatic rings. The summed E-state index contributed by atoms with van der Waals surface area (Å²) in [6.07, 6.45) is 0.924. The molecule has 0 saturated heterocycles. The predicted molar refractivity (Wildman–Crippen MR) is 82.3 cm³/mol. The molecule has 0 bridgehead atoms. The molecule has 0 aliphatic heterocycles. The fourth-order valence-corrected chi connectivity index (χ4v) is 1.84. The zero-order chi connectivity index (χ0) is 12.0. The zero-order valence-corrected chi connectivity index (χ0v) is 13.2. The van der Waals surface area contributed by atoms with E-state index in [0.29, 0.717) is 17.1 Å². The van der Waals surface area contributed by atoms with Crippen LogP contribution in [0.3, 0.4) is 0 Å². The van der Waals surface area contributed by atoms with Crippen LogP contribution in [-0.4, -0.2) is 26.0 Å². The second kappa shape index (κ2) is 8.97. The van der Waals surface area contributed by atoms with Crippen molar-refractivity contribution in [2.24, 2.45) is 0 Å². The minimum absolute atomic E-state index is 0. The second-order valence-electron chi connectivity index (χ2n) is 3.34. The van der Waals surface area contributed by atoms with Crippen molar-refractivity contribution in [3.63, 3.8) is 0 Å². The Morgan fingerprint density at radius 3 is 2.71 bits per heavy atom.